The molecular formula is C14H17FN2O2. The van der Waals surface area contributed by atoms with Gasteiger partial charge < -0.3 is 10.6 Å². The molecular weight excluding hydrogens is 247 g/mol. The van der Waals surface area contributed by atoms with Gasteiger partial charge in [0, 0.05) is 12.1 Å². The van der Waals surface area contributed by atoms with Crippen molar-refractivity contribution < 1.29 is 14.0 Å². The van der Waals surface area contributed by atoms with Gasteiger partial charge in [-0.3, -0.25) is 9.59 Å². The molecule has 0 fully saturated rings. The second-order valence-corrected chi connectivity index (χ2v) is 4.04. The molecule has 2 N–H and O–H groups in total. The molecule has 0 bridgehead atoms. The van der Waals surface area contributed by atoms with Gasteiger partial charge in [-0.15, -0.1) is 0 Å². The first-order chi connectivity index (χ1) is 9.04. The summed E-state index contributed by atoms with van der Waals surface area (Å²) in [6, 6.07) is 5.54. The Balaban J connectivity index is 2.47. The minimum Gasteiger partial charge on any atom is -0.350 e. The zero-order valence-electron chi connectivity index (χ0n) is 10.9. The minimum absolute atomic E-state index is 0.0926. The van der Waals surface area contributed by atoms with Crippen LogP contribution in [-0.2, 0) is 16.1 Å². The summed E-state index contributed by atoms with van der Waals surface area (Å²) in [5.41, 5.74) is 0.405. The highest BCUT2D eigenvalue weighted by molar-refractivity contribution is 5.92. The highest BCUT2D eigenvalue weighted by atomic mass is 19.1. The van der Waals surface area contributed by atoms with Crippen molar-refractivity contribution in [2.24, 2.45) is 0 Å². The molecule has 2 amide bonds. The molecule has 1 aromatic carbocycles. The van der Waals surface area contributed by atoms with Gasteiger partial charge >= 0.3 is 0 Å². The van der Waals surface area contributed by atoms with Crippen molar-refractivity contribution in [3.05, 3.63) is 47.8 Å². The topological polar surface area (TPSA) is 58.2 Å². The number of hydrogen-bond acceptors (Lipinski definition) is 2. The Kier molecular flexibility index (Phi) is 5.73. The molecule has 1 aromatic rings. The monoisotopic (exact) mass is 264 g/mol. The van der Waals surface area contributed by atoms with Gasteiger partial charge in [0.05, 0.1) is 0 Å². The number of benzene rings is 1. The van der Waals surface area contributed by atoms with Crippen LogP contribution < -0.4 is 10.6 Å². The molecule has 1 rings (SSSR count). The number of rotatable bonds is 5. The number of nitrogens with one attached hydrogen (secondary N) is 2. The van der Waals surface area contributed by atoms with E-state index in [2.05, 4.69) is 10.6 Å². The molecule has 0 saturated carbocycles. The van der Waals surface area contributed by atoms with Crippen LogP contribution in [0.1, 0.15) is 19.4 Å². The largest absolute Gasteiger partial charge is 0.350 e. The van der Waals surface area contributed by atoms with Crippen LogP contribution in [0.15, 0.2) is 36.4 Å². The molecule has 0 spiro atoms. The van der Waals surface area contributed by atoms with Gasteiger partial charge in [-0.1, -0.05) is 24.3 Å². The Morgan fingerprint density at radius 3 is 2.68 bits per heavy atom. The normalized spacial score (nSPS) is 12.2. The van der Waals surface area contributed by atoms with Gasteiger partial charge in [-0.25, -0.2) is 4.39 Å². The number of halogens is 1. The highest BCUT2D eigenvalue weighted by Gasteiger charge is 2.14. The Hall–Kier alpha value is -2.17. The zero-order chi connectivity index (χ0) is 14.3. The van der Waals surface area contributed by atoms with Gasteiger partial charge in [0.25, 0.3) is 0 Å². The summed E-state index contributed by atoms with van der Waals surface area (Å²) < 4.78 is 13.3. The van der Waals surface area contributed by atoms with Gasteiger partial charge in [-0.05, 0) is 26.0 Å². The highest BCUT2D eigenvalue weighted by Crippen LogP contribution is 2.05. The molecule has 0 aromatic heterocycles. The van der Waals surface area contributed by atoms with Gasteiger partial charge in [-0.2, -0.15) is 0 Å². The number of carbonyl (C=O) groups is 2. The van der Waals surface area contributed by atoms with E-state index in [1.54, 1.807) is 38.1 Å². The van der Waals surface area contributed by atoms with Gasteiger partial charge in [0.15, 0.2) is 0 Å². The molecule has 0 heterocycles. The van der Waals surface area contributed by atoms with Crippen LogP contribution in [0.25, 0.3) is 0 Å². The third kappa shape index (κ3) is 4.91. The summed E-state index contributed by atoms with van der Waals surface area (Å²) in [4.78, 5) is 22.9. The fourth-order valence-corrected chi connectivity index (χ4v) is 1.46. The quantitative estimate of drug-likeness (QED) is 0.792. The van der Waals surface area contributed by atoms with E-state index in [-0.39, 0.29) is 24.2 Å². The molecule has 4 nitrogen and oxygen atoms in total. The minimum atomic E-state index is -0.671. The lowest BCUT2D eigenvalue weighted by atomic mass is 10.2. The third-order valence-electron chi connectivity index (χ3n) is 2.48. The van der Waals surface area contributed by atoms with E-state index in [0.29, 0.717) is 5.56 Å². The first-order valence-corrected chi connectivity index (χ1v) is 5.99. The Morgan fingerprint density at radius 1 is 1.37 bits per heavy atom. The second kappa shape index (κ2) is 7.31. The van der Waals surface area contributed by atoms with Crippen molar-refractivity contribution in [1.29, 1.82) is 0 Å². The maximum absolute atomic E-state index is 13.3. The van der Waals surface area contributed by atoms with Crippen LogP contribution in [0.5, 0.6) is 0 Å². The van der Waals surface area contributed by atoms with Crippen molar-refractivity contribution in [2.45, 2.75) is 26.4 Å². The van der Waals surface area contributed by atoms with E-state index in [9.17, 15) is 14.0 Å². The zero-order valence-corrected chi connectivity index (χ0v) is 10.9. The molecule has 0 aliphatic carbocycles. The van der Waals surface area contributed by atoms with E-state index < -0.39 is 6.04 Å². The standard InChI is InChI=1S/C14H17FN2O2/c1-3-6-13(18)17-10(2)14(19)16-9-11-7-4-5-8-12(11)15/h3-8,10H,9H2,1-2H3,(H,16,19)(H,17,18)/t10-/m1/s1. The molecule has 0 radical (unpaired) electrons. The van der Waals surface area contributed by atoms with Crippen LogP contribution in [-0.4, -0.2) is 17.9 Å². The van der Waals surface area contributed by atoms with Crippen molar-refractivity contribution >= 4 is 11.8 Å². The van der Waals surface area contributed by atoms with Crippen molar-refractivity contribution in [3.63, 3.8) is 0 Å². The molecule has 19 heavy (non-hydrogen) atoms. The predicted molar refractivity (Wildman–Crippen MR) is 70.7 cm³/mol. The van der Waals surface area contributed by atoms with Crippen molar-refractivity contribution in [2.75, 3.05) is 0 Å². The SMILES string of the molecule is CC=CC(=O)N[C@H](C)C(=O)NCc1ccccc1F. The Labute approximate surface area is 111 Å². The maximum atomic E-state index is 13.3. The van der Waals surface area contributed by atoms with Gasteiger partial charge in [0.2, 0.25) is 11.8 Å². The van der Waals surface area contributed by atoms with E-state index in [0.717, 1.165) is 0 Å². The predicted octanol–water partition coefficient (Wildman–Crippen LogP) is 1.52. The van der Waals surface area contributed by atoms with Gasteiger partial charge in [0.1, 0.15) is 11.9 Å². The third-order valence-corrected chi connectivity index (χ3v) is 2.48. The smallest absolute Gasteiger partial charge is 0.244 e. The van der Waals surface area contributed by atoms with Crippen LogP contribution in [0.3, 0.4) is 0 Å². The Bertz CT molecular complexity index is 486. The summed E-state index contributed by atoms with van der Waals surface area (Å²) in [7, 11) is 0. The summed E-state index contributed by atoms with van der Waals surface area (Å²) in [6.45, 7) is 3.37. The van der Waals surface area contributed by atoms with Crippen LogP contribution in [0.2, 0.25) is 0 Å². The molecule has 1 atom stereocenters. The number of amides is 2. The van der Waals surface area contributed by atoms with Crippen molar-refractivity contribution in [3.8, 4) is 0 Å². The fraction of sp³-hybridized carbons (Fsp3) is 0.286. The number of hydrogen-bond donors (Lipinski definition) is 2. The molecule has 102 valence electrons. The van der Waals surface area contributed by atoms with Crippen LogP contribution >= 0.6 is 0 Å². The van der Waals surface area contributed by atoms with Crippen LogP contribution in [0, 0.1) is 5.82 Å². The van der Waals surface area contributed by atoms with E-state index in [1.165, 1.54) is 12.1 Å². The lowest BCUT2D eigenvalue weighted by Crippen LogP contribution is -2.44. The molecule has 0 aliphatic rings. The summed E-state index contributed by atoms with van der Waals surface area (Å²) in [5.74, 6) is -1.06. The summed E-state index contributed by atoms with van der Waals surface area (Å²) >= 11 is 0. The first-order valence-electron chi connectivity index (χ1n) is 5.99. The number of allylic oxidation sites excluding steroid dienone is 1. The maximum Gasteiger partial charge on any atom is 0.244 e. The average molecular weight is 264 g/mol. The molecule has 0 unspecified atom stereocenters. The summed E-state index contributed by atoms with van der Waals surface area (Å²) in [6.07, 6.45) is 2.92. The first kappa shape index (κ1) is 14.9. The van der Waals surface area contributed by atoms with Crippen molar-refractivity contribution in [1.82, 2.24) is 10.6 Å². The lowest BCUT2D eigenvalue weighted by molar-refractivity contribution is -0.126. The fourth-order valence-electron chi connectivity index (χ4n) is 1.46. The average Bonchev–Trinajstić information content (AvgIpc) is 2.37. The van der Waals surface area contributed by atoms with E-state index >= 15 is 0 Å². The Morgan fingerprint density at radius 2 is 2.05 bits per heavy atom. The number of carbonyl (C=O) groups excluding carboxylic acids is 2. The molecule has 5 heteroatoms. The second-order valence-electron chi connectivity index (χ2n) is 4.04. The lowest BCUT2D eigenvalue weighted by Gasteiger charge is -2.13. The van der Waals surface area contributed by atoms with E-state index in [4.69, 9.17) is 0 Å². The summed E-state index contributed by atoms with van der Waals surface area (Å²) in [5, 5.41) is 5.07. The molecule has 0 aliphatic heterocycles. The van der Waals surface area contributed by atoms with E-state index in [1.807, 2.05) is 0 Å². The molecule has 0 saturated heterocycles. The van der Waals surface area contributed by atoms with Crippen LogP contribution in [0.4, 0.5) is 4.39 Å².